The Morgan fingerprint density at radius 2 is 1.64 bits per heavy atom. The lowest BCUT2D eigenvalue weighted by atomic mass is 9.92. The predicted molar refractivity (Wildman–Crippen MR) is 115 cm³/mol. The van der Waals surface area contributed by atoms with Gasteiger partial charge in [-0.15, -0.1) is 0 Å². The average Bonchev–Trinajstić information content (AvgIpc) is 2.94. The SMILES string of the molecule is CC(C)(C(=O)N1CCCC(c2ccccc2)CC1)S(=O)(=O)c1ccc(Br)cc1. The van der Waals surface area contributed by atoms with Gasteiger partial charge in [-0.05, 0) is 68.9 Å². The number of hydrogen-bond donors (Lipinski definition) is 0. The van der Waals surface area contributed by atoms with E-state index in [0.29, 0.717) is 19.0 Å². The topological polar surface area (TPSA) is 54.5 Å². The lowest BCUT2D eigenvalue weighted by Gasteiger charge is -2.31. The Balaban J connectivity index is 1.77. The highest BCUT2D eigenvalue weighted by molar-refractivity contribution is 9.10. The third-order valence-corrected chi connectivity index (χ3v) is 8.54. The Hall–Kier alpha value is -1.66. The standard InChI is InChI=1S/C22H26BrNO3S/c1-22(2,28(26,27)20-12-10-19(23)11-13-20)21(25)24-15-6-9-18(14-16-24)17-7-4-3-5-8-17/h3-5,7-8,10-13,18H,6,9,14-16H2,1-2H3. The van der Waals surface area contributed by atoms with Gasteiger partial charge in [0.2, 0.25) is 5.91 Å². The zero-order valence-electron chi connectivity index (χ0n) is 16.3. The lowest BCUT2D eigenvalue weighted by Crippen LogP contribution is -2.50. The minimum absolute atomic E-state index is 0.172. The highest BCUT2D eigenvalue weighted by Crippen LogP contribution is 2.32. The van der Waals surface area contributed by atoms with Crippen LogP contribution < -0.4 is 0 Å². The van der Waals surface area contributed by atoms with E-state index >= 15 is 0 Å². The zero-order valence-corrected chi connectivity index (χ0v) is 18.7. The fourth-order valence-corrected chi connectivity index (χ4v) is 5.47. The molecule has 4 nitrogen and oxygen atoms in total. The molecule has 28 heavy (non-hydrogen) atoms. The van der Waals surface area contributed by atoms with E-state index in [-0.39, 0.29) is 10.8 Å². The first-order valence-corrected chi connectivity index (χ1v) is 11.9. The third-order valence-electron chi connectivity index (χ3n) is 5.60. The molecule has 1 fully saturated rings. The quantitative estimate of drug-likeness (QED) is 0.654. The first-order chi connectivity index (χ1) is 13.2. The molecule has 0 aromatic heterocycles. The minimum atomic E-state index is -3.79. The molecule has 1 saturated heterocycles. The van der Waals surface area contributed by atoms with Crippen molar-refractivity contribution in [1.29, 1.82) is 0 Å². The van der Waals surface area contributed by atoms with E-state index in [1.807, 2.05) is 18.2 Å². The Morgan fingerprint density at radius 3 is 2.29 bits per heavy atom. The number of nitrogens with zero attached hydrogens (tertiary/aromatic N) is 1. The lowest BCUT2D eigenvalue weighted by molar-refractivity contribution is -0.133. The van der Waals surface area contributed by atoms with Crippen molar-refractivity contribution < 1.29 is 13.2 Å². The summed E-state index contributed by atoms with van der Waals surface area (Å²) in [6, 6.07) is 16.8. The van der Waals surface area contributed by atoms with Crippen LogP contribution in [0.4, 0.5) is 0 Å². The molecule has 0 bridgehead atoms. The zero-order chi connectivity index (χ0) is 20.4. The number of benzene rings is 2. The largest absolute Gasteiger partial charge is 0.341 e. The van der Waals surface area contributed by atoms with Gasteiger partial charge in [-0.3, -0.25) is 4.79 Å². The van der Waals surface area contributed by atoms with Crippen LogP contribution in [0, 0.1) is 0 Å². The van der Waals surface area contributed by atoms with E-state index in [9.17, 15) is 13.2 Å². The van der Waals surface area contributed by atoms with E-state index in [1.165, 1.54) is 19.4 Å². The summed E-state index contributed by atoms with van der Waals surface area (Å²) in [5.74, 6) is 0.0920. The molecule has 1 aliphatic heterocycles. The van der Waals surface area contributed by atoms with Crippen molar-refractivity contribution in [2.24, 2.45) is 0 Å². The van der Waals surface area contributed by atoms with Gasteiger partial charge in [0.1, 0.15) is 4.75 Å². The highest BCUT2D eigenvalue weighted by atomic mass is 79.9. The minimum Gasteiger partial charge on any atom is -0.341 e. The average molecular weight is 464 g/mol. The van der Waals surface area contributed by atoms with Gasteiger partial charge in [-0.1, -0.05) is 46.3 Å². The van der Waals surface area contributed by atoms with Crippen molar-refractivity contribution in [2.45, 2.75) is 48.7 Å². The Morgan fingerprint density at radius 1 is 1.00 bits per heavy atom. The van der Waals surface area contributed by atoms with Crippen molar-refractivity contribution in [3.05, 3.63) is 64.6 Å². The van der Waals surface area contributed by atoms with Crippen LogP contribution in [0.15, 0.2) is 64.0 Å². The normalized spacial score (nSPS) is 18.5. The van der Waals surface area contributed by atoms with Crippen molar-refractivity contribution in [2.75, 3.05) is 13.1 Å². The maximum absolute atomic E-state index is 13.2. The van der Waals surface area contributed by atoms with Gasteiger partial charge >= 0.3 is 0 Å². The van der Waals surface area contributed by atoms with E-state index in [4.69, 9.17) is 0 Å². The Labute approximate surface area is 176 Å². The summed E-state index contributed by atoms with van der Waals surface area (Å²) in [6.07, 6.45) is 2.73. The van der Waals surface area contributed by atoms with Crippen LogP contribution in [0.1, 0.15) is 44.6 Å². The molecule has 1 heterocycles. The van der Waals surface area contributed by atoms with Gasteiger partial charge in [0.05, 0.1) is 4.90 Å². The van der Waals surface area contributed by atoms with Crippen LogP contribution in [0.3, 0.4) is 0 Å². The molecule has 0 spiro atoms. The van der Waals surface area contributed by atoms with Gasteiger partial charge in [0, 0.05) is 17.6 Å². The first kappa shape index (κ1) is 21.1. The number of hydrogen-bond acceptors (Lipinski definition) is 3. The van der Waals surface area contributed by atoms with Gasteiger partial charge in [-0.25, -0.2) is 8.42 Å². The molecular weight excluding hydrogens is 438 g/mol. The molecule has 0 aliphatic carbocycles. The summed E-state index contributed by atoms with van der Waals surface area (Å²) >= 11 is 3.32. The van der Waals surface area contributed by atoms with Gasteiger partial charge in [0.25, 0.3) is 0 Å². The molecular formula is C22H26BrNO3S. The van der Waals surface area contributed by atoms with Crippen LogP contribution in [-0.2, 0) is 14.6 Å². The Kier molecular flexibility index (Phi) is 6.30. The molecule has 1 atom stereocenters. The highest BCUT2D eigenvalue weighted by Gasteiger charge is 2.45. The summed E-state index contributed by atoms with van der Waals surface area (Å²) in [5, 5.41) is 0. The second kappa shape index (κ2) is 8.37. The summed E-state index contributed by atoms with van der Waals surface area (Å²) in [5.41, 5.74) is 1.29. The Bertz CT molecular complexity index is 924. The van der Waals surface area contributed by atoms with Crippen LogP contribution in [0.5, 0.6) is 0 Å². The number of halogens is 1. The van der Waals surface area contributed by atoms with Crippen LogP contribution >= 0.6 is 15.9 Å². The van der Waals surface area contributed by atoms with E-state index in [2.05, 4.69) is 28.1 Å². The molecule has 0 radical (unpaired) electrons. The molecule has 1 amide bonds. The van der Waals surface area contributed by atoms with Gasteiger partial charge < -0.3 is 4.90 Å². The maximum atomic E-state index is 13.2. The van der Waals surface area contributed by atoms with Crippen LogP contribution in [-0.4, -0.2) is 37.1 Å². The van der Waals surface area contributed by atoms with Crippen molar-refractivity contribution in [3.8, 4) is 0 Å². The fourth-order valence-electron chi connectivity index (χ4n) is 3.76. The number of likely N-dealkylation sites (tertiary alicyclic amines) is 1. The summed E-state index contributed by atoms with van der Waals surface area (Å²) < 4.78 is 25.6. The number of amides is 1. The monoisotopic (exact) mass is 463 g/mol. The van der Waals surface area contributed by atoms with E-state index in [1.54, 1.807) is 29.2 Å². The fraction of sp³-hybridized carbons (Fsp3) is 0.409. The smallest absolute Gasteiger partial charge is 0.243 e. The van der Waals surface area contributed by atoms with Crippen molar-refractivity contribution >= 4 is 31.7 Å². The van der Waals surface area contributed by atoms with Crippen molar-refractivity contribution in [3.63, 3.8) is 0 Å². The molecule has 1 unspecified atom stereocenters. The number of rotatable bonds is 4. The number of carbonyl (C=O) groups is 1. The number of sulfone groups is 1. The van der Waals surface area contributed by atoms with Crippen LogP contribution in [0.2, 0.25) is 0 Å². The summed E-state index contributed by atoms with van der Waals surface area (Å²) in [4.78, 5) is 15.1. The van der Waals surface area contributed by atoms with Gasteiger partial charge in [0.15, 0.2) is 9.84 Å². The molecule has 6 heteroatoms. The second-order valence-corrected chi connectivity index (χ2v) is 11.2. The van der Waals surface area contributed by atoms with E-state index in [0.717, 1.165) is 23.7 Å². The second-order valence-electron chi connectivity index (χ2n) is 7.80. The molecule has 150 valence electrons. The number of carbonyl (C=O) groups excluding carboxylic acids is 1. The van der Waals surface area contributed by atoms with Crippen LogP contribution in [0.25, 0.3) is 0 Å². The molecule has 3 rings (SSSR count). The molecule has 1 aliphatic rings. The summed E-state index contributed by atoms with van der Waals surface area (Å²) in [6.45, 7) is 4.22. The third kappa shape index (κ3) is 4.18. The van der Waals surface area contributed by atoms with Gasteiger partial charge in [-0.2, -0.15) is 0 Å². The molecule has 2 aromatic rings. The maximum Gasteiger partial charge on any atom is 0.243 e. The molecule has 0 saturated carbocycles. The van der Waals surface area contributed by atoms with E-state index < -0.39 is 14.6 Å². The molecule has 0 N–H and O–H groups in total. The first-order valence-electron chi connectivity index (χ1n) is 9.58. The molecule has 2 aromatic carbocycles. The predicted octanol–water partition coefficient (Wildman–Crippen LogP) is 4.80. The summed E-state index contributed by atoms with van der Waals surface area (Å²) in [7, 11) is -3.79. The van der Waals surface area contributed by atoms with Crippen molar-refractivity contribution in [1.82, 2.24) is 4.90 Å².